The molecule has 2 heterocycles. The molecule has 13 rings (SSSR count). The van der Waals surface area contributed by atoms with Gasteiger partial charge in [0.2, 0.25) is 0 Å². The number of hydrogen-bond donors (Lipinski definition) is 0. The molecule has 0 atom stereocenters. The fraction of sp³-hybridized carbons (Fsp3) is 0. The Morgan fingerprint density at radius 2 is 0.866 bits per heavy atom. The predicted molar refractivity (Wildman–Crippen MR) is 282 cm³/mol. The van der Waals surface area contributed by atoms with E-state index in [-0.39, 0.29) is 0 Å². The molecule has 0 saturated carbocycles. The van der Waals surface area contributed by atoms with Gasteiger partial charge in [-0.2, -0.15) is 0 Å². The second-order valence-corrected chi connectivity index (χ2v) is 17.3. The molecule has 67 heavy (non-hydrogen) atoms. The summed E-state index contributed by atoms with van der Waals surface area (Å²) in [6.45, 7) is 0. The Morgan fingerprint density at radius 3 is 1.69 bits per heavy atom. The predicted octanol–water partition coefficient (Wildman–Crippen LogP) is 18.0. The zero-order valence-electron chi connectivity index (χ0n) is 36.6. The summed E-state index contributed by atoms with van der Waals surface area (Å²) in [4.78, 5) is 2.41. The molecule has 0 amide bonds. The lowest BCUT2D eigenvalue weighted by atomic mass is 9.95. The van der Waals surface area contributed by atoms with Gasteiger partial charge in [-0.05, 0) is 123 Å². The van der Waals surface area contributed by atoms with E-state index in [0.717, 1.165) is 72.5 Å². The first-order valence-corrected chi connectivity index (χ1v) is 22.9. The minimum absolute atomic E-state index is 0.878. The third-order valence-corrected chi connectivity index (χ3v) is 13.4. The average Bonchev–Trinajstić information content (AvgIpc) is 3.95. The number of nitrogens with zero attached hydrogens (tertiary/aromatic N) is 2. The normalized spacial score (nSPS) is 11.6. The van der Waals surface area contributed by atoms with Crippen LogP contribution in [-0.2, 0) is 0 Å². The van der Waals surface area contributed by atoms with Gasteiger partial charge in [-0.25, -0.2) is 0 Å². The van der Waals surface area contributed by atoms with Crippen molar-refractivity contribution < 1.29 is 4.42 Å². The van der Waals surface area contributed by atoms with Crippen LogP contribution in [0.15, 0.2) is 259 Å². The van der Waals surface area contributed by atoms with E-state index in [4.69, 9.17) is 4.42 Å². The highest BCUT2D eigenvalue weighted by Crippen LogP contribution is 2.46. The van der Waals surface area contributed by atoms with Crippen molar-refractivity contribution in [1.82, 2.24) is 4.57 Å². The molecule has 2 aromatic heterocycles. The van der Waals surface area contributed by atoms with Crippen molar-refractivity contribution in [1.29, 1.82) is 0 Å². The maximum atomic E-state index is 6.41. The summed E-state index contributed by atoms with van der Waals surface area (Å²) in [7, 11) is 0. The van der Waals surface area contributed by atoms with Gasteiger partial charge in [0, 0.05) is 44.2 Å². The summed E-state index contributed by atoms with van der Waals surface area (Å²) in [5.41, 5.74) is 17.8. The Morgan fingerprint density at radius 1 is 0.313 bits per heavy atom. The van der Waals surface area contributed by atoms with Gasteiger partial charge in [-0.15, -0.1) is 0 Å². The summed E-state index contributed by atoms with van der Waals surface area (Å²) in [5, 5.41) is 7.21. The Balaban J connectivity index is 0.922. The molecule has 0 radical (unpaired) electrons. The van der Waals surface area contributed by atoms with Crippen LogP contribution in [0.4, 0.5) is 17.1 Å². The van der Waals surface area contributed by atoms with Crippen molar-refractivity contribution in [2.45, 2.75) is 0 Å². The molecule has 0 spiro atoms. The molecule has 0 N–H and O–H groups in total. The number of aromatic nitrogens is 1. The highest BCUT2D eigenvalue weighted by Gasteiger charge is 2.21. The van der Waals surface area contributed by atoms with E-state index in [1.54, 1.807) is 0 Å². The molecule has 3 nitrogen and oxygen atoms in total. The van der Waals surface area contributed by atoms with Crippen molar-refractivity contribution in [3.8, 4) is 50.2 Å². The summed E-state index contributed by atoms with van der Waals surface area (Å²) >= 11 is 0. The van der Waals surface area contributed by atoms with E-state index in [1.807, 2.05) is 6.07 Å². The van der Waals surface area contributed by atoms with E-state index in [1.165, 1.54) is 49.3 Å². The maximum Gasteiger partial charge on any atom is 0.136 e. The highest BCUT2D eigenvalue weighted by molar-refractivity contribution is 6.14. The maximum absolute atomic E-state index is 6.41. The smallest absolute Gasteiger partial charge is 0.136 e. The zero-order valence-corrected chi connectivity index (χ0v) is 36.6. The molecule has 0 saturated heterocycles. The number of anilines is 3. The van der Waals surface area contributed by atoms with Gasteiger partial charge in [0.05, 0.1) is 16.7 Å². The molecule has 0 aliphatic carbocycles. The quantitative estimate of drug-likeness (QED) is 0.152. The molecule has 3 heteroatoms. The van der Waals surface area contributed by atoms with Crippen LogP contribution in [-0.4, -0.2) is 4.57 Å². The molecule has 0 aliphatic rings. The Hall–Kier alpha value is -8.92. The molecular weight excluding hydrogens is 813 g/mol. The first kappa shape index (κ1) is 38.5. The number of rotatable bonds is 8. The van der Waals surface area contributed by atoms with Gasteiger partial charge in [-0.1, -0.05) is 182 Å². The Kier molecular flexibility index (Phi) is 9.17. The molecular formula is C64H42N2O. The van der Waals surface area contributed by atoms with E-state index < -0.39 is 0 Å². The fourth-order valence-corrected chi connectivity index (χ4v) is 10.3. The van der Waals surface area contributed by atoms with Crippen molar-refractivity contribution in [3.63, 3.8) is 0 Å². The van der Waals surface area contributed by atoms with Gasteiger partial charge in [0.15, 0.2) is 0 Å². The van der Waals surface area contributed by atoms with Crippen LogP contribution in [0.2, 0.25) is 0 Å². The average molecular weight is 855 g/mol. The summed E-state index contributed by atoms with van der Waals surface area (Å²) in [5.74, 6) is 0. The summed E-state index contributed by atoms with van der Waals surface area (Å²) < 4.78 is 8.80. The van der Waals surface area contributed by atoms with Crippen LogP contribution in [0.5, 0.6) is 0 Å². The largest absolute Gasteiger partial charge is 0.456 e. The first-order valence-electron chi connectivity index (χ1n) is 22.9. The van der Waals surface area contributed by atoms with Crippen molar-refractivity contribution in [3.05, 3.63) is 255 Å². The SMILES string of the molecule is c1cc(-c2ccc(N(c3cccc(-c4cccc5ccccc45)c3)c3ccccc3-c3cccc4oc5ccccc5c34)cc2)cc(-c2cccc(-n3c4ccccc4c4ccccc43)c2)c1. The molecule has 0 aliphatic heterocycles. The lowest BCUT2D eigenvalue weighted by molar-refractivity contribution is 0.669. The molecule has 13 aromatic rings. The standard InChI is InChI=1S/C64H42N2O/c1-2-24-52-44(16-1)17-14-29-53(52)48-21-13-22-50(42-48)65(59-31-7-5-27-56(59)57-30-15-35-63-64(57)58-28-6-10-34-62(58)67-63)49-38-36-43(37-39-49)45-18-11-19-46(40-45)47-20-12-23-51(41-47)66-60-32-8-3-25-54(60)55-26-4-9-33-61(55)66/h1-42H. The molecule has 11 aromatic carbocycles. The van der Waals surface area contributed by atoms with Gasteiger partial charge < -0.3 is 13.9 Å². The molecule has 314 valence electrons. The van der Waals surface area contributed by atoms with Crippen molar-refractivity contribution in [2.75, 3.05) is 4.90 Å². The minimum atomic E-state index is 0.878. The second-order valence-electron chi connectivity index (χ2n) is 17.3. The van der Waals surface area contributed by atoms with Crippen molar-refractivity contribution >= 4 is 71.6 Å². The third-order valence-electron chi connectivity index (χ3n) is 13.4. The van der Waals surface area contributed by atoms with Crippen LogP contribution in [0.25, 0.3) is 105 Å². The van der Waals surface area contributed by atoms with E-state index >= 15 is 0 Å². The van der Waals surface area contributed by atoms with Gasteiger partial charge in [0.1, 0.15) is 11.2 Å². The highest BCUT2D eigenvalue weighted by atomic mass is 16.3. The monoisotopic (exact) mass is 854 g/mol. The summed E-state index contributed by atoms with van der Waals surface area (Å²) in [6, 6.07) is 91.9. The molecule has 0 fully saturated rings. The van der Waals surface area contributed by atoms with Crippen LogP contribution < -0.4 is 4.90 Å². The van der Waals surface area contributed by atoms with Gasteiger partial charge in [0.25, 0.3) is 0 Å². The number of fused-ring (bicyclic) bond motifs is 7. The zero-order chi connectivity index (χ0) is 44.3. The van der Waals surface area contributed by atoms with Gasteiger partial charge >= 0.3 is 0 Å². The minimum Gasteiger partial charge on any atom is -0.456 e. The topological polar surface area (TPSA) is 21.3 Å². The number of hydrogen-bond acceptors (Lipinski definition) is 2. The number of para-hydroxylation sites is 4. The third kappa shape index (κ3) is 6.59. The second kappa shape index (κ2) is 16.0. The lowest BCUT2D eigenvalue weighted by Gasteiger charge is -2.28. The Labute approximate surface area is 388 Å². The lowest BCUT2D eigenvalue weighted by Crippen LogP contribution is -2.11. The number of benzene rings is 11. The van der Waals surface area contributed by atoms with Crippen molar-refractivity contribution in [2.24, 2.45) is 0 Å². The molecule has 0 unspecified atom stereocenters. The number of furan rings is 1. The first-order chi connectivity index (χ1) is 33.2. The van der Waals surface area contributed by atoms with Crippen LogP contribution in [0, 0.1) is 0 Å². The van der Waals surface area contributed by atoms with E-state index in [2.05, 4.69) is 258 Å². The van der Waals surface area contributed by atoms with E-state index in [9.17, 15) is 0 Å². The van der Waals surface area contributed by atoms with Crippen LogP contribution >= 0.6 is 0 Å². The van der Waals surface area contributed by atoms with E-state index in [0.29, 0.717) is 0 Å². The fourth-order valence-electron chi connectivity index (χ4n) is 10.3. The van der Waals surface area contributed by atoms with Crippen LogP contribution in [0.3, 0.4) is 0 Å². The molecule has 0 bridgehead atoms. The summed E-state index contributed by atoms with van der Waals surface area (Å²) in [6.07, 6.45) is 0. The van der Waals surface area contributed by atoms with Gasteiger partial charge in [-0.3, -0.25) is 0 Å². The van der Waals surface area contributed by atoms with Crippen LogP contribution in [0.1, 0.15) is 0 Å². The Bertz CT molecular complexity index is 3950.